The van der Waals surface area contributed by atoms with E-state index in [4.69, 9.17) is 5.73 Å². The Morgan fingerprint density at radius 2 is 2.35 bits per heavy atom. The summed E-state index contributed by atoms with van der Waals surface area (Å²) < 4.78 is 2.13. The maximum absolute atomic E-state index is 11.0. The van der Waals surface area contributed by atoms with Gasteiger partial charge in [0.05, 0.1) is 5.75 Å². The maximum Gasteiger partial charge on any atom is 0.227 e. The normalized spacial score (nSPS) is 17.2. The molecule has 2 N–H and O–H groups in total. The molecule has 0 spiro atoms. The van der Waals surface area contributed by atoms with Crippen LogP contribution in [0.15, 0.2) is 10.5 Å². The average molecular weight is 351 g/mol. The molecule has 0 radical (unpaired) electrons. The highest BCUT2D eigenvalue weighted by Gasteiger charge is 2.24. The van der Waals surface area contributed by atoms with E-state index in [1.807, 2.05) is 11.3 Å². The Hall–Kier alpha value is -1.34. The van der Waals surface area contributed by atoms with E-state index in [1.165, 1.54) is 40.6 Å². The third-order valence-electron chi connectivity index (χ3n) is 4.15. The number of thiophene rings is 1. The van der Waals surface area contributed by atoms with Crippen molar-refractivity contribution < 1.29 is 4.79 Å². The van der Waals surface area contributed by atoms with Crippen LogP contribution < -0.4 is 5.73 Å². The molecule has 124 valence electrons. The molecular weight excluding hydrogens is 328 g/mol. The smallest absolute Gasteiger partial charge is 0.227 e. The quantitative estimate of drug-likeness (QED) is 0.812. The Morgan fingerprint density at radius 1 is 1.52 bits per heavy atom. The number of aromatic nitrogens is 3. The van der Waals surface area contributed by atoms with Crippen LogP contribution in [0, 0.1) is 5.92 Å². The summed E-state index contributed by atoms with van der Waals surface area (Å²) in [4.78, 5) is 12.5. The van der Waals surface area contributed by atoms with Crippen LogP contribution in [0.4, 0.5) is 0 Å². The number of hydrogen-bond acceptors (Lipinski definition) is 5. The third kappa shape index (κ3) is 3.45. The second-order valence-corrected chi connectivity index (χ2v) is 8.02. The van der Waals surface area contributed by atoms with E-state index < -0.39 is 0 Å². The van der Waals surface area contributed by atoms with Crippen LogP contribution in [0.5, 0.6) is 0 Å². The van der Waals surface area contributed by atoms with E-state index in [0.717, 1.165) is 36.3 Å². The number of carbonyl (C=O) groups is 1. The van der Waals surface area contributed by atoms with Crippen molar-refractivity contribution in [1.82, 2.24) is 14.8 Å². The van der Waals surface area contributed by atoms with Gasteiger partial charge in [-0.25, -0.2) is 0 Å². The van der Waals surface area contributed by atoms with E-state index in [9.17, 15) is 4.79 Å². The molecule has 1 aliphatic carbocycles. The van der Waals surface area contributed by atoms with Crippen molar-refractivity contribution >= 4 is 29.0 Å². The molecule has 7 heteroatoms. The number of fused-ring (bicyclic) bond motifs is 1. The molecule has 0 aliphatic heterocycles. The Morgan fingerprint density at radius 3 is 3.09 bits per heavy atom. The Bertz CT molecular complexity index is 707. The number of carbonyl (C=O) groups excluding carboxylic acids is 1. The molecule has 0 fully saturated rings. The van der Waals surface area contributed by atoms with Gasteiger partial charge in [-0.1, -0.05) is 25.6 Å². The molecular formula is C16H22N4OS2. The standard InChI is InChI=1S/C16H22N4OS2/c1-3-6-20-15(18-19-16(20)23-9-14(17)21)12-8-22-13-7-10(2)4-5-11(12)13/h8,10H,3-7,9H2,1-2H3,(H2,17,21). The summed E-state index contributed by atoms with van der Waals surface area (Å²) in [6, 6.07) is 0. The van der Waals surface area contributed by atoms with Gasteiger partial charge in [0.2, 0.25) is 5.91 Å². The predicted octanol–water partition coefficient (Wildman–Crippen LogP) is 3.12. The SMILES string of the molecule is CCCn1c(SCC(N)=O)nnc1-c1csc2c1CCC(C)C2. The van der Waals surface area contributed by atoms with E-state index in [0.29, 0.717) is 0 Å². The van der Waals surface area contributed by atoms with Crippen molar-refractivity contribution in [3.63, 3.8) is 0 Å². The molecule has 0 saturated heterocycles. The van der Waals surface area contributed by atoms with Gasteiger partial charge in [-0.2, -0.15) is 0 Å². The first-order valence-corrected chi connectivity index (χ1v) is 9.90. The first-order valence-electron chi connectivity index (χ1n) is 8.04. The van der Waals surface area contributed by atoms with Crippen LogP contribution in [-0.4, -0.2) is 26.4 Å². The van der Waals surface area contributed by atoms with Crippen molar-refractivity contribution in [1.29, 1.82) is 0 Å². The molecule has 2 heterocycles. The third-order valence-corrected chi connectivity index (χ3v) is 6.19. The fourth-order valence-electron chi connectivity index (χ4n) is 3.02. The minimum Gasteiger partial charge on any atom is -0.369 e. The van der Waals surface area contributed by atoms with Gasteiger partial charge in [0, 0.05) is 22.4 Å². The van der Waals surface area contributed by atoms with Crippen molar-refractivity contribution in [2.24, 2.45) is 11.7 Å². The van der Waals surface area contributed by atoms with Crippen molar-refractivity contribution in [2.45, 2.75) is 51.2 Å². The lowest BCUT2D eigenvalue weighted by Crippen LogP contribution is -2.14. The summed E-state index contributed by atoms with van der Waals surface area (Å²) >= 11 is 3.21. The highest BCUT2D eigenvalue weighted by molar-refractivity contribution is 7.99. The van der Waals surface area contributed by atoms with Gasteiger partial charge in [0.15, 0.2) is 11.0 Å². The predicted molar refractivity (Wildman–Crippen MR) is 94.7 cm³/mol. The van der Waals surface area contributed by atoms with Crippen LogP contribution in [0.25, 0.3) is 11.4 Å². The number of thioether (sulfide) groups is 1. The van der Waals surface area contributed by atoms with Crippen molar-refractivity contribution in [3.05, 3.63) is 15.8 Å². The molecule has 1 aliphatic rings. The minimum atomic E-state index is -0.329. The first kappa shape index (κ1) is 16.5. The second-order valence-electron chi connectivity index (χ2n) is 6.11. The molecule has 2 aromatic heterocycles. The summed E-state index contributed by atoms with van der Waals surface area (Å²) in [5, 5.41) is 11.7. The lowest BCUT2D eigenvalue weighted by Gasteiger charge is -2.19. The largest absolute Gasteiger partial charge is 0.369 e. The van der Waals surface area contributed by atoms with Crippen LogP contribution in [0.2, 0.25) is 0 Å². The Balaban J connectivity index is 1.95. The zero-order chi connectivity index (χ0) is 16.4. The van der Waals surface area contributed by atoms with Crippen molar-refractivity contribution in [2.75, 3.05) is 5.75 Å². The zero-order valence-corrected chi connectivity index (χ0v) is 15.2. The first-order chi connectivity index (χ1) is 11.1. The lowest BCUT2D eigenvalue weighted by atomic mass is 9.88. The summed E-state index contributed by atoms with van der Waals surface area (Å²) in [6.45, 7) is 5.31. The second kappa shape index (κ2) is 7.05. The van der Waals surface area contributed by atoms with Crippen LogP contribution >= 0.6 is 23.1 Å². The molecule has 0 saturated carbocycles. The molecule has 23 heavy (non-hydrogen) atoms. The molecule has 1 unspecified atom stereocenters. The van der Waals surface area contributed by atoms with Gasteiger partial charge < -0.3 is 10.3 Å². The summed E-state index contributed by atoms with van der Waals surface area (Å²) in [5.41, 5.74) is 7.93. The minimum absolute atomic E-state index is 0.237. The van der Waals surface area contributed by atoms with E-state index in [-0.39, 0.29) is 11.7 Å². The topological polar surface area (TPSA) is 73.8 Å². The molecule has 5 nitrogen and oxygen atoms in total. The molecule has 1 amide bonds. The molecule has 0 bridgehead atoms. The Labute approximate surface area is 144 Å². The highest BCUT2D eigenvalue weighted by atomic mass is 32.2. The van der Waals surface area contributed by atoms with Gasteiger partial charge >= 0.3 is 0 Å². The molecule has 0 aromatic carbocycles. The maximum atomic E-state index is 11.0. The van der Waals surface area contributed by atoms with Gasteiger partial charge in [0.1, 0.15) is 0 Å². The molecule has 2 aromatic rings. The summed E-state index contributed by atoms with van der Waals surface area (Å²) in [6.07, 6.45) is 4.53. The molecule has 3 rings (SSSR count). The summed E-state index contributed by atoms with van der Waals surface area (Å²) in [5.74, 6) is 1.61. The van der Waals surface area contributed by atoms with Gasteiger partial charge in [-0.15, -0.1) is 21.5 Å². The Kier molecular flexibility index (Phi) is 5.06. The van der Waals surface area contributed by atoms with Gasteiger partial charge in [-0.05, 0) is 37.2 Å². The highest BCUT2D eigenvalue weighted by Crippen LogP contribution is 2.38. The van der Waals surface area contributed by atoms with Gasteiger partial charge in [0.25, 0.3) is 0 Å². The number of amides is 1. The number of nitrogens with zero attached hydrogens (tertiary/aromatic N) is 3. The monoisotopic (exact) mass is 350 g/mol. The number of primary amides is 1. The molecule has 1 atom stereocenters. The number of nitrogens with two attached hydrogens (primary N) is 1. The van der Waals surface area contributed by atoms with E-state index >= 15 is 0 Å². The van der Waals surface area contributed by atoms with E-state index in [1.54, 1.807) is 0 Å². The fraction of sp³-hybridized carbons (Fsp3) is 0.562. The van der Waals surface area contributed by atoms with Crippen molar-refractivity contribution in [3.8, 4) is 11.4 Å². The lowest BCUT2D eigenvalue weighted by molar-refractivity contribution is -0.115. The van der Waals surface area contributed by atoms with Crippen LogP contribution in [0.1, 0.15) is 37.1 Å². The summed E-state index contributed by atoms with van der Waals surface area (Å²) in [7, 11) is 0. The van der Waals surface area contributed by atoms with Gasteiger partial charge in [-0.3, -0.25) is 4.79 Å². The number of rotatable bonds is 6. The number of hydrogen-bond donors (Lipinski definition) is 1. The zero-order valence-electron chi connectivity index (χ0n) is 13.5. The average Bonchev–Trinajstić information content (AvgIpc) is 3.09. The van der Waals surface area contributed by atoms with Crippen LogP contribution in [0.3, 0.4) is 0 Å². The van der Waals surface area contributed by atoms with E-state index in [2.05, 4.69) is 34.0 Å². The fourth-order valence-corrected chi connectivity index (χ4v) is 4.97. The van der Waals surface area contributed by atoms with Crippen LogP contribution in [-0.2, 0) is 24.2 Å².